The average Bonchev–Trinajstić information content (AvgIpc) is 2.59. The molecule has 24 heavy (non-hydrogen) atoms. The Labute approximate surface area is 145 Å². The number of ether oxygens (including phenoxy) is 1. The van der Waals surface area contributed by atoms with Gasteiger partial charge in [0.25, 0.3) is 5.91 Å². The van der Waals surface area contributed by atoms with Gasteiger partial charge in [-0.3, -0.25) is 4.79 Å². The molecule has 0 aliphatic carbocycles. The van der Waals surface area contributed by atoms with E-state index in [1.807, 2.05) is 19.0 Å². The number of methoxy groups -OCH3 is 1. The van der Waals surface area contributed by atoms with E-state index >= 15 is 0 Å². The highest BCUT2D eigenvalue weighted by atomic mass is 35.5. The number of halogens is 1. The molecule has 0 saturated carbocycles. The summed E-state index contributed by atoms with van der Waals surface area (Å²) in [4.78, 5) is 30.4. The maximum absolute atomic E-state index is 12.4. The van der Waals surface area contributed by atoms with Gasteiger partial charge >= 0.3 is 5.97 Å². The number of benzene rings is 1. The summed E-state index contributed by atoms with van der Waals surface area (Å²) in [7, 11) is 4.98. The molecule has 0 aliphatic heterocycles. The number of esters is 1. The van der Waals surface area contributed by atoms with Crippen molar-refractivity contribution in [1.29, 1.82) is 0 Å². The number of rotatable bonds is 5. The van der Waals surface area contributed by atoms with Crippen LogP contribution in [0.3, 0.4) is 0 Å². The second kappa shape index (κ2) is 7.79. The molecule has 1 amide bonds. The molecule has 1 aromatic carbocycles. The lowest BCUT2D eigenvalue weighted by Crippen LogP contribution is -2.34. The molecule has 0 saturated heterocycles. The van der Waals surface area contributed by atoms with Crippen LogP contribution in [0.4, 0.5) is 5.82 Å². The number of amides is 1. The molecular weight excluding hydrogens is 330 g/mol. The van der Waals surface area contributed by atoms with Crippen molar-refractivity contribution in [2.45, 2.75) is 6.04 Å². The maximum Gasteiger partial charge on any atom is 0.333 e. The van der Waals surface area contributed by atoms with Gasteiger partial charge in [0, 0.05) is 25.3 Å². The fourth-order valence-corrected chi connectivity index (χ4v) is 2.18. The van der Waals surface area contributed by atoms with E-state index in [0.717, 1.165) is 5.82 Å². The molecule has 1 atom stereocenters. The second-order valence-corrected chi connectivity index (χ2v) is 5.72. The molecular formula is C17H18ClN3O3. The molecule has 0 bridgehead atoms. The Morgan fingerprint density at radius 2 is 1.83 bits per heavy atom. The Morgan fingerprint density at radius 3 is 2.33 bits per heavy atom. The van der Waals surface area contributed by atoms with E-state index in [9.17, 15) is 9.59 Å². The number of carbonyl (C=O) groups is 2. The quantitative estimate of drug-likeness (QED) is 0.841. The molecule has 0 spiro atoms. The standard InChI is InChI=1S/C17H18ClN3O3/c1-21(2)14-9-6-12(10-19-14)16(22)20-15(17(23)24-3)11-4-7-13(18)8-5-11/h4-10,15H,1-3H3,(H,20,22). The van der Waals surface area contributed by atoms with Crippen molar-refractivity contribution in [2.24, 2.45) is 0 Å². The van der Waals surface area contributed by atoms with Gasteiger partial charge in [0.1, 0.15) is 5.82 Å². The third-order valence-corrected chi connectivity index (χ3v) is 3.64. The number of anilines is 1. The summed E-state index contributed by atoms with van der Waals surface area (Å²) >= 11 is 5.86. The zero-order chi connectivity index (χ0) is 17.7. The number of nitrogens with one attached hydrogen (secondary N) is 1. The van der Waals surface area contributed by atoms with Gasteiger partial charge in [-0.1, -0.05) is 23.7 Å². The maximum atomic E-state index is 12.4. The van der Waals surface area contributed by atoms with Crippen LogP contribution in [0.5, 0.6) is 0 Å². The van der Waals surface area contributed by atoms with E-state index in [4.69, 9.17) is 16.3 Å². The van der Waals surface area contributed by atoms with Crippen molar-refractivity contribution < 1.29 is 14.3 Å². The minimum absolute atomic E-state index is 0.350. The molecule has 2 aromatic rings. The lowest BCUT2D eigenvalue weighted by atomic mass is 10.1. The smallest absolute Gasteiger partial charge is 0.333 e. The highest BCUT2D eigenvalue weighted by molar-refractivity contribution is 6.30. The highest BCUT2D eigenvalue weighted by Crippen LogP contribution is 2.19. The number of carbonyl (C=O) groups excluding carboxylic acids is 2. The monoisotopic (exact) mass is 347 g/mol. The highest BCUT2D eigenvalue weighted by Gasteiger charge is 2.24. The summed E-state index contributed by atoms with van der Waals surface area (Å²) in [6.45, 7) is 0. The Kier molecular flexibility index (Phi) is 5.76. The molecule has 1 unspecified atom stereocenters. The molecule has 0 fully saturated rings. The topological polar surface area (TPSA) is 71.5 Å². The van der Waals surface area contributed by atoms with E-state index in [2.05, 4.69) is 10.3 Å². The van der Waals surface area contributed by atoms with Crippen molar-refractivity contribution in [2.75, 3.05) is 26.1 Å². The summed E-state index contributed by atoms with van der Waals surface area (Å²) in [6.07, 6.45) is 1.46. The van der Waals surface area contributed by atoms with Gasteiger partial charge in [-0.05, 0) is 29.8 Å². The van der Waals surface area contributed by atoms with Crippen molar-refractivity contribution >= 4 is 29.3 Å². The predicted octanol–water partition coefficient (Wildman–Crippen LogP) is 2.45. The Morgan fingerprint density at radius 1 is 1.17 bits per heavy atom. The molecule has 1 N–H and O–H groups in total. The zero-order valence-corrected chi connectivity index (χ0v) is 14.4. The van der Waals surface area contributed by atoms with Crippen LogP contribution in [-0.2, 0) is 9.53 Å². The SMILES string of the molecule is COC(=O)C(NC(=O)c1ccc(N(C)C)nc1)c1ccc(Cl)cc1. The van der Waals surface area contributed by atoms with Crippen LogP contribution in [0, 0.1) is 0 Å². The van der Waals surface area contributed by atoms with Gasteiger partial charge in [-0.25, -0.2) is 9.78 Å². The molecule has 0 aliphatic rings. The fourth-order valence-electron chi connectivity index (χ4n) is 2.05. The van der Waals surface area contributed by atoms with Gasteiger partial charge in [0.05, 0.1) is 12.7 Å². The molecule has 6 nitrogen and oxygen atoms in total. The van der Waals surface area contributed by atoms with Crippen molar-refractivity contribution in [3.8, 4) is 0 Å². The Balaban J connectivity index is 2.21. The lowest BCUT2D eigenvalue weighted by Gasteiger charge is -2.17. The Hall–Kier alpha value is -2.60. The van der Waals surface area contributed by atoms with Gasteiger partial charge in [-0.15, -0.1) is 0 Å². The van der Waals surface area contributed by atoms with Crippen LogP contribution in [0.25, 0.3) is 0 Å². The fraction of sp³-hybridized carbons (Fsp3) is 0.235. The van der Waals surface area contributed by atoms with Gasteiger partial charge < -0.3 is 15.0 Å². The Bertz CT molecular complexity index is 715. The van der Waals surface area contributed by atoms with Crippen molar-refractivity contribution in [1.82, 2.24) is 10.3 Å². The van der Waals surface area contributed by atoms with Crippen molar-refractivity contribution in [3.05, 3.63) is 58.7 Å². The summed E-state index contributed by atoms with van der Waals surface area (Å²) in [5.41, 5.74) is 0.931. The predicted molar refractivity (Wildman–Crippen MR) is 92.2 cm³/mol. The number of aromatic nitrogens is 1. The van der Waals surface area contributed by atoms with Crippen LogP contribution >= 0.6 is 11.6 Å². The minimum atomic E-state index is -0.923. The number of hydrogen-bond acceptors (Lipinski definition) is 5. The normalized spacial score (nSPS) is 11.5. The first-order valence-corrected chi connectivity index (χ1v) is 7.57. The summed E-state index contributed by atoms with van der Waals surface area (Å²) < 4.78 is 4.78. The first kappa shape index (κ1) is 17.7. The van der Waals surface area contributed by atoms with Crippen LogP contribution in [0.15, 0.2) is 42.6 Å². The van der Waals surface area contributed by atoms with E-state index in [1.54, 1.807) is 36.4 Å². The molecule has 1 heterocycles. The van der Waals surface area contributed by atoms with E-state index in [1.165, 1.54) is 13.3 Å². The lowest BCUT2D eigenvalue weighted by molar-refractivity contribution is -0.143. The van der Waals surface area contributed by atoms with Gasteiger partial charge in [-0.2, -0.15) is 0 Å². The summed E-state index contributed by atoms with van der Waals surface area (Å²) in [6, 6.07) is 9.07. The average molecular weight is 348 g/mol. The van der Waals surface area contributed by atoms with Crippen molar-refractivity contribution in [3.63, 3.8) is 0 Å². The largest absolute Gasteiger partial charge is 0.467 e. The van der Waals surface area contributed by atoms with E-state index < -0.39 is 17.9 Å². The third kappa shape index (κ3) is 4.23. The summed E-state index contributed by atoms with van der Waals surface area (Å²) in [5.74, 6) is -0.254. The minimum Gasteiger partial charge on any atom is -0.467 e. The molecule has 7 heteroatoms. The number of pyridine rings is 1. The second-order valence-electron chi connectivity index (χ2n) is 5.28. The van der Waals surface area contributed by atoms with Crippen LogP contribution in [0.2, 0.25) is 5.02 Å². The van der Waals surface area contributed by atoms with Crippen LogP contribution in [0.1, 0.15) is 22.0 Å². The number of hydrogen-bond donors (Lipinski definition) is 1. The van der Waals surface area contributed by atoms with Gasteiger partial charge in [0.15, 0.2) is 6.04 Å². The molecule has 0 radical (unpaired) electrons. The third-order valence-electron chi connectivity index (χ3n) is 3.38. The molecule has 1 aromatic heterocycles. The number of nitrogens with zero attached hydrogens (tertiary/aromatic N) is 2. The zero-order valence-electron chi connectivity index (χ0n) is 13.6. The first-order chi connectivity index (χ1) is 11.4. The van der Waals surface area contributed by atoms with E-state index in [-0.39, 0.29) is 0 Å². The van der Waals surface area contributed by atoms with Crippen LogP contribution in [-0.4, -0.2) is 38.1 Å². The first-order valence-electron chi connectivity index (χ1n) is 7.20. The molecule has 126 valence electrons. The van der Waals surface area contributed by atoms with Crippen LogP contribution < -0.4 is 10.2 Å². The van der Waals surface area contributed by atoms with E-state index in [0.29, 0.717) is 16.1 Å². The van der Waals surface area contributed by atoms with Gasteiger partial charge in [0.2, 0.25) is 0 Å². The molecule has 2 rings (SSSR count). The summed E-state index contributed by atoms with van der Waals surface area (Å²) in [5, 5.41) is 3.20.